The Morgan fingerprint density at radius 2 is 1.72 bits per heavy atom. The summed E-state index contributed by atoms with van der Waals surface area (Å²) in [6, 6.07) is 6.76. The fourth-order valence-electron chi connectivity index (χ4n) is 2.88. The number of benzene rings is 1. The minimum absolute atomic E-state index is 0.173. The molecule has 98 valence electrons. The lowest BCUT2D eigenvalue weighted by Crippen LogP contribution is -2.37. The molecule has 0 spiro atoms. The van der Waals surface area contributed by atoms with E-state index in [2.05, 4.69) is 37.4 Å². The molecule has 2 rings (SSSR count). The predicted molar refractivity (Wildman–Crippen MR) is 74.6 cm³/mol. The maximum atomic E-state index is 12.0. The second-order valence-electron chi connectivity index (χ2n) is 5.58. The van der Waals surface area contributed by atoms with Gasteiger partial charge in [-0.05, 0) is 32.3 Å². The fraction of sp³-hybridized carbons (Fsp3) is 0.562. The molecule has 0 unspecified atom stereocenters. The van der Waals surface area contributed by atoms with Gasteiger partial charge in [0.1, 0.15) is 0 Å². The van der Waals surface area contributed by atoms with Crippen molar-refractivity contribution in [2.75, 3.05) is 0 Å². The van der Waals surface area contributed by atoms with Crippen LogP contribution in [0.3, 0.4) is 0 Å². The van der Waals surface area contributed by atoms with Crippen molar-refractivity contribution in [1.29, 1.82) is 0 Å². The minimum atomic E-state index is 0.173. The highest BCUT2D eigenvalue weighted by Crippen LogP contribution is 2.17. The summed E-state index contributed by atoms with van der Waals surface area (Å²) < 4.78 is 0. The van der Waals surface area contributed by atoms with Crippen LogP contribution < -0.4 is 5.32 Å². The molecular weight excluding hydrogens is 222 g/mol. The first kappa shape index (κ1) is 13.1. The Morgan fingerprint density at radius 3 is 2.33 bits per heavy atom. The first-order valence-electron chi connectivity index (χ1n) is 7.00. The van der Waals surface area contributed by atoms with E-state index in [0.29, 0.717) is 12.5 Å². The summed E-state index contributed by atoms with van der Waals surface area (Å²) >= 11 is 0. The molecule has 0 atom stereocenters. The molecule has 2 heteroatoms. The summed E-state index contributed by atoms with van der Waals surface area (Å²) in [4.78, 5) is 12.0. The maximum absolute atomic E-state index is 12.0. The van der Waals surface area contributed by atoms with E-state index in [1.165, 1.54) is 30.4 Å². The van der Waals surface area contributed by atoms with Gasteiger partial charge in [-0.25, -0.2) is 0 Å². The highest BCUT2D eigenvalue weighted by molar-refractivity contribution is 5.79. The van der Waals surface area contributed by atoms with Crippen molar-refractivity contribution in [2.24, 2.45) is 0 Å². The molecule has 0 bridgehead atoms. The lowest BCUT2D eigenvalue weighted by atomic mass is 9.95. The van der Waals surface area contributed by atoms with E-state index in [4.69, 9.17) is 0 Å². The van der Waals surface area contributed by atoms with Gasteiger partial charge in [-0.3, -0.25) is 4.79 Å². The molecule has 0 aliphatic heterocycles. The summed E-state index contributed by atoms with van der Waals surface area (Å²) in [6.07, 6.45) is 6.66. The zero-order chi connectivity index (χ0) is 13.0. The van der Waals surface area contributed by atoms with Gasteiger partial charge in [0.05, 0.1) is 6.42 Å². The lowest BCUT2D eigenvalue weighted by Gasteiger charge is -2.22. The van der Waals surface area contributed by atoms with Gasteiger partial charge in [0.15, 0.2) is 0 Å². The van der Waals surface area contributed by atoms with Gasteiger partial charge in [0.25, 0.3) is 0 Å². The number of rotatable bonds is 3. The highest BCUT2D eigenvalue weighted by atomic mass is 16.1. The van der Waals surface area contributed by atoms with E-state index in [1.807, 2.05) is 0 Å². The number of nitrogens with one attached hydrogen (secondary N) is 1. The molecule has 1 N–H and O–H groups in total. The number of aryl methyl sites for hydroxylation is 2. The Hall–Kier alpha value is -1.31. The standard InChI is InChI=1S/C16H23NO/c1-12-8-13(2)10-14(9-12)11-16(18)17-15-6-4-3-5-7-15/h8-10,15H,3-7,11H2,1-2H3,(H,17,18). The summed E-state index contributed by atoms with van der Waals surface area (Å²) in [5.74, 6) is 0.173. The largest absolute Gasteiger partial charge is 0.353 e. The quantitative estimate of drug-likeness (QED) is 0.870. The first-order chi connectivity index (χ1) is 8.63. The van der Waals surface area contributed by atoms with Gasteiger partial charge < -0.3 is 5.32 Å². The molecule has 0 saturated heterocycles. The summed E-state index contributed by atoms with van der Waals surface area (Å²) in [7, 11) is 0. The average Bonchev–Trinajstić information content (AvgIpc) is 2.28. The third-order valence-electron chi connectivity index (χ3n) is 3.62. The molecule has 1 aliphatic rings. The topological polar surface area (TPSA) is 29.1 Å². The molecule has 1 fully saturated rings. The fourth-order valence-corrected chi connectivity index (χ4v) is 2.88. The van der Waals surface area contributed by atoms with Gasteiger partial charge in [0.2, 0.25) is 5.91 Å². The van der Waals surface area contributed by atoms with Crippen LogP contribution in [0.25, 0.3) is 0 Å². The predicted octanol–water partition coefficient (Wildman–Crippen LogP) is 3.29. The van der Waals surface area contributed by atoms with Crippen LogP contribution in [0.5, 0.6) is 0 Å². The molecule has 1 aromatic carbocycles. The Labute approximate surface area is 110 Å². The van der Waals surface area contributed by atoms with Gasteiger partial charge in [0, 0.05) is 6.04 Å². The van der Waals surface area contributed by atoms with Crippen LogP contribution in [0.1, 0.15) is 48.8 Å². The van der Waals surface area contributed by atoms with Crippen molar-refractivity contribution in [2.45, 2.75) is 58.4 Å². The summed E-state index contributed by atoms with van der Waals surface area (Å²) in [5, 5.41) is 3.17. The molecule has 0 aromatic heterocycles. The number of hydrogen-bond donors (Lipinski definition) is 1. The highest BCUT2D eigenvalue weighted by Gasteiger charge is 2.15. The normalized spacial score (nSPS) is 16.6. The van der Waals surface area contributed by atoms with Crippen molar-refractivity contribution in [3.8, 4) is 0 Å². The minimum Gasteiger partial charge on any atom is -0.353 e. The second-order valence-corrected chi connectivity index (χ2v) is 5.58. The van der Waals surface area contributed by atoms with Crippen LogP contribution in [-0.2, 0) is 11.2 Å². The third kappa shape index (κ3) is 3.86. The summed E-state index contributed by atoms with van der Waals surface area (Å²) in [6.45, 7) is 4.16. The van der Waals surface area contributed by atoms with E-state index in [0.717, 1.165) is 18.4 Å². The molecule has 0 radical (unpaired) electrons. The maximum Gasteiger partial charge on any atom is 0.224 e. The van der Waals surface area contributed by atoms with Gasteiger partial charge in [-0.1, -0.05) is 48.6 Å². The zero-order valence-electron chi connectivity index (χ0n) is 11.5. The Morgan fingerprint density at radius 1 is 1.11 bits per heavy atom. The number of carbonyl (C=O) groups is 1. The van der Waals surface area contributed by atoms with Gasteiger partial charge in [-0.2, -0.15) is 0 Å². The van der Waals surface area contributed by atoms with Crippen LogP contribution >= 0.6 is 0 Å². The molecule has 0 heterocycles. The molecule has 2 nitrogen and oxygen atoms in total. The molecule has 1 saturated carbocycles. The van der Waals surface area contributed by atoms with E-state index in [-0.39, 0.29) is 5.91 Å². The van der Waals surface area contributed by atoms with Crippen molar-refractivity contribution in [3.05, 3.63) is 34.9 Å². The van der Waals surface area contributed by atoms with E-state index >= 15 is 0 Å². The average molecular weight is 245 g/mol. The van der Waals surface area contributed by atoms with E-state index < -0.39 is 0 Å². The number of amides is 1. The van der Waals surface area contributed by atoms with Gasteiger partial charge >= 0.3 is 0 Å². The molecule has 18 heavy (non-hydrogen) atoms. The number of hydrogen-bond acceptors (Lipinski definition) is 1. The third-order valence-corrected chi connectivity index (χ3v) is 3.62. The molecule has 1 aliphatic carbocycles. The zero-order valence-corrected chi connectivity index (χ0v) is 11.5. The molecule has 1 amide bonds. The molecule has 1 aromatic rings. The summed E-state index contributed by atoms with van der Waals surface area (Å²) in [5.41, 5.74) is 3.59. The Bertz CT molecular complexity index is 399. The van der Waals surface area contributed by atoms with Crippen LogP contribution in [0.4, 0.5) is 0 Å². The van der Waals surface area contributed by atoms with Crippen molar-refractivity contribution >= 4 is 5.91 Å². The first-order valence-corrected chi connectivity index (χ1v) is 7.00. The lowest BCUT2D eigenvalue weighted by molar-refractivity contribution is -0.121. The van der Waals surface area contributed by atoms with Gasteiger partial charge in [-0.15, -0.1) is 0 Å². The SMILES string of the molecule is Cc1cc(C)cc(CC(=O)NC2CCCCC2)c1. The van der Waals surface area contributed by atoms with Crippen molar-refractivity contribution in [1.82, 2.24) is 5.32 Å². The smallest absolute Gasteiger partial charge is 0.224 e. The second kappa shape index (κ2) is 6.03. The van der Waals surface area contributed by atoms with Crippen LogP contribution in [-0.4, -0.2) is 11.9 Å². The van der Waals surface area contributed by atoms with E-state index in [1.54, 1.807) is 0 Å². The van der Waals surface area contributed by atoms with Crippen LogP contribution in [0.2, 0.25) is 0 Å². The van der Waals surface area contributed by atoms with E-state index in [9.17, 15) is 4.79 Å². The number of carbonyl (C=O) groups excluding carboxylic acids is 1. The monoisotopic (exact) mass is 245 g/mol. The van der Waals surface area contributed by atoms with Crippen molar-refractivity contribution < 1.29 is 4.79 Å². The Kier molecular flexibility index (Phi) is 4.40. The van der Waals surface area contributed by atoms with Crippen molar-refractivity contribution in [3.63, 3.8) is 0 Å². The van der Waals surface area contributed by atoms with Crippen LogP contribution in [0, 0.1) is 13.8 Å². The van der Waals surface area contributed by atoms with Crippen LogP contribution in [0.15, 0.2) is 18.2 Å². The molecular formula is C16H23NO. The Balaban J connectivity index is 1.89.